The maximum atomic E-state index is 8.66. The van der Waals surface area contributed by atoms with Crippen molar-refractivity contribution in [2.75, 3.05) is 4.81 Å². The van der Waals surface area contributed by atoms with E-state index in [0.29, 0.717) is 23.0 Å². The van der Waals surface area contributed by atoms with Crippen LogP contribution in [0.25, 0.3) is 28.0 Å². The van der Waals surface area contributed by atoms with Crippen LogP contribution in [0, 0.1) is 3.80 Å². The van der Waals surface area contributed by atoms with Crippen molar-refractivity contribution in [2.45, 2.75) is 59.1 Å². The zero-order chi connectivity index (χ0) is 35.0. The van der Waals surface area contributed by atoms with Crippen molar-refractivity contribution in [1.29, 1.82) is 0 Å². The van der Waals surface area contributed by atoms with Crippen molar-refractivity contribution >= 4 is 29.5 Å². The quantitative estimate of drug-likeness (QED) is 0.168. The van der Waals surface area contributed by atoms with Crippen LogP contribution in [-0.2, 0) is 37.2 Å². The zero-order valence-corrected chi connectivity index (χ0v) is 29.4. The summed E-state index contributed by atoms with van der Waals surface area (Å²) in [4.78, 5) is 6.51. The van der Waals surface area contributed by atoms with Gasteiger partial charge in [0.15, 0.2) is 0 Å². The first-order valence-corrected chi connectivity index (χ1v) is 16.6. The Morgan fingerprint density at radius 3 is 2.30 bits per heavy atom. The Labute approximate surface area is 286 Å². The second kappa shape index (κ2) is 11.0. The Hall–Kier alpha value is -4.16. The van der Waals surface area contributed by atoms with Crippen LogP contribution in [0.1, 0.15) is 56.8 Å². The number of anilines is 2. The zero-order valence-electron chi connectivity index (χ0n) is 30.1. The third-order valence-corrected chi connectivity index (χ3v) is 9.94. The van der Waals surface area contributed by atoms with Gasteiger partial charge in [0.2, 0.25) is 0 Å². The van der Waals surface area contributed by atoms with Gasteiger partial charge in [0.1, 0.15) is 0 Å². The average molecular weight is 793 g/mol. The number of benzene rings is 3. The van der Waals surface area contributed by atoms with Crippen molar-refractivity contribution in [3.05, 3.63) is 106 Å². The van der Waals surface area contributed by atoms with E-state index >= 15 is 0 Å². The summed E-state index contributed by atoms with van der Waals surface area (Å²) in [5.41, 5.74) is 7.37. The van der Waals surface area contributed by atoms with E-state index in [1.165, 1.54) is 0 Å². The number of hydrogen-bond acceptors (Lipinski definition) is 4. The van der Waals surface area contributed by atoms with Crippen LogP contribution in [0.2, 0.25) is 6.75 Å². The first kappa shape index (κ1) is 27.0. The van der Waals surface area contributed by atoms with Gasteiger partial charge in [0.25, 0.3) is 0 Å². The van der Waals surface area contributed by atoms with Gasteiger partial charge in [-0.1, -0.05) is 20.8 Å². The standard InChI is InChI=1S/C37H39BN6O.Pt/c1-36(2,3)25-15-17-39-35(21-25)43-34-23-28(13-14-30(34)31-16-18-40-44(31)38(43)7)45-29-20-26(37(4,5)6)19-27(22-29)42-24-41(8)32-11-9-10-12-33(32)42;/h9-23H,1-8H3;/i7D3;. The molecular formula is C37H39BN6OPt. The van der Waals surface area contributed by atoms with E-state index in [2.05, 4.69) is 125 Å². The number of hydrogen-bond donors (Lipinski definition) is 0. The summed E-state index contributed by atoms with van der Waals surface area (Å²) in [5, 5.41) is 4.49. The molecule has 46 heavy (non-hydrogen) atoms. The molecule has 0 saturated carbocycles. The molecule has 0 fully saturated rings. The summed E-state index contributed by atoms with van der Waals surface area (Å²) >= 11 is 2.38. The van der Waals surface area contributed by atoms with Gasteiger partial charge >= 0.3 is 228 Å². The SMILES string of the molecule is [2H]C([2H])([2H])B1N(c2cc(C(C)(C)C)ccn2)c2cc(Oc3cc(-n4[c](=[Pt])n(C)c5ccccc54)cc(C(C)(C)C)c3)ccc2-c2ccnn21. The third-order valence-electron chi connectivity index (χ3n) is 8.67. The predicted octanol–water partition coefficient (Wildman–Crippen LogP) is 8.81. The van der Waals surface area contributed by atoms with Gasteiger partial charge < -0.3 is 0 Å². The molecule has 1 aliphatic heterocycles. The Kier molecular flexibility index (Phi) is 6.45. The smallest absolute Gasteiger partial charge is 0.192 e. The molecule has 1 aliphatic rings. The number of pyridine rings is 1. The van der Waals surface area contributed by atoms with Crippen molar-refractivity contribution in [1.82, 2.24) is 23.8 Å². The normalized spacial score (nSPS) is 14.5. The van der Waals surface area contributed by atoms with Crippen LogP contribution in [0.3, 0.4) is 0 Å². The summed E-state index contributed by atoms with van der Waals surface area (Å²) in [5.74, 6) is 1.81. The molecule has 0 saturated heterocycles. The van der Waals surface area contributed by atoms with Crippen LogP contribution in [0.5, 0.6) is 11.5 Å². The van der Waals surface area contributed by atoms with E-state index in [0.717, 1.165) is 42.9 Å². The molecule has 0 radical (unpaired) electrons. The van der Waals surface area contributed by atoms with Crippen LogP contribution >= 0.6 is 0 Å². The Morgan fingerprint density at radius 1 is 0.804 bits per heavy atom. The molecule has 0 atom stereocenters. The number of para-hydroxylation sites is 2. The van der Waals surface area contributed by atoms with E-state index in [-0.39, 0.29) is 10.8 Å². The third kappa shape index (κ3) is 5.17. The molecule has 3 aromatic carbocycles. The molecule has 9 heteroatoms. The molecule has 7 rings (SSSR count). The molecule has 7 nitrogen and oxygen atoms in total. The fourth-order valence-corrected chi connectivity index (χ4v) is 6.91. The van der Waals surface area contributed by atoms with E-state index in [4.69, 9.17) is 13.8 Å². The molecule has 0 unspecified atom stereocenters. The number of rotatable bonds is 4. The molecule has 0 aliphatic carbocycles. The fourth-order valence-electron chi connectivity index (χ4n) is 6.07. The van der Waals surface area contributed by atoms with Gasteiger partial charge in [0, 0.05) is 16.5 Å². The first-order valence-electron chi connectivity index (χ1n) is 16.9. The predicted molar refractivity (Wildman–Crippen MR) is 184 cm³/mol. The average Bonchev–Trinajstić information content (AvgIpc) is 3.61. The van der Waals surface area contributed by atoms with Crippen molar-refractivity contribution in [2.24, 2.45) is 7.05 Å². The number of ether oxygens (including phenoxy) is 1. The molecule has 6 aromatic rings. The van der Waals surface area contributed by atoms with Crippen molar-refractivity contribution in [3.8, 4) is 28.4 Å². The number of fused-ring (bicyclic) bond motifs is 4. The van der Waals surface area contributed by atoms with Crippen LogP contribution in [0.4, 0.5) is 11.5 Å². The number of nitrogens with zero attached hydrogens (tertiary/aromatic N) is 6. The van der Waals surface area contributed by atoms with E-state index in [9.17, 15) is 0 Å². The van der Waals surface area contributed by atoms with Crippen molar-refractivity contribution in [3.63, 3.8) is 0 Å². The van der Waals surface area contributed by atoms with Gasteiger partial charge in [-0.05, 0) is 17.0 Å². The van der Waals surface area contributed by atoms with Crippen LogP contribution < -0.4 is 9.55 Å². The molecule has 3 aromatic heterocycles. The molecule has 4 heterocycles. The Bertz CT molecular complexity index is 2290. The summed E-state index contributed by atoms with van der Waals surface area (Å²) in [6, 6.07) is 26.4. The molecule has 0 bridgehead atoms. The summed E-state index contributed by atoms with van der Waals surface area (Å²) < 4.78 is 39.8. The molecule has 0 spiro atoms. The summed E-state index contributed by atoms with van der Waals surface area (Å²) in [6.07, 6.45) is 3.40. The van der Waals surface area contributed by atoms with Crippen molar-refractivity contribution < 1.29 is 28.2 Å². The van der Waals surface area contributed by atoms with Gasteiger partial charge in [-0.3, -0.25) is 0 Å². The fraction of sp³-hybridized carbons (Fsp3) is 0.270. The van der Waals surface area contributed by atoms with Gasteiger partial charge in [-0.2, -0.15) is 5.10 Å². The second-order valence-corrected chi connectivity index (χ2v) is 14.9. The van der Waals surface area contributed by atoms with Gasteiger partial charge in [-0.15, -0.1) is 0 Å². The number of aromatic nitrogens is 5. The van der Waals surface area contributed by atoms with Gasteiger partial charge in [0.05, 0.1) is 0 Å². The Morgan fingerprint density at radius 2 is 1.57 bits per heavy atom. The monoisotopic (exact) mass is 792 g/mol. The summed E-state index contributed by atoms with van der Waals surface area (Å²) in [7, 11) is 2.08. The van der Waals surface area contributed by atoms with E-state index < -0.39 is 13.7 Å². The first-order chi connectivity index (χ1) is 23.0. The summed E-state index contributed by atoms with van der Waals surface area (Å²) in [6.45, 7) is 9.46. The maximum absolute atomic E-state index is 8.66. The van der Waals surface area contributed by atoms with Gasteiger partial charge in [-0.25, -0.2) is 0 Å². The topological polar surface area (TPSA) is 53.0 Å². The second-order valence-electron chi connectivity index (χ2n) is 13.9. The minimum absolute atomic E-state index is 0.146. The number of aryl methyl sites for hydroxylation is 1. The minimum atomic E-state index is -2.42. The minimum Gasteiger partial charge on any atom is -0.192 e. The molecular weight excluding hydrogens is 750 g/mol. The molecule has 236 valence electrons. The molecule has 0 amide bonds. The molecule has 0 N–H and O–H groups in total. The van der Waals surface area contributed by atoms with E-state index in [1.807, 2.05) is 36.4 Å². The van der Waals surface area contributed by atoms with E-state index in [1.54, 1.807) is 21.8 Å². The Balaban J connectivity index is 1.39. The van der Waals surface area contributed by atoms with Crippen LogP contribution in [-0.4, -0.2) is 30.8 Å². The van der Waals surface area contributed by atoms with Crippen LogP contribution in [0.15, 0.2) is 91.3 Å². The number of imidazole rings is 1.